The van der Waals surface area contributed by atoms with Crippen molar-refractivity contribution in [2.75, 3.05) is 18.6 Å². The molecule has 2 aromatic rings. The van der Waals surface area contributed by atoms with Gasteiger partial charge in [0.05, 0.1) is 5.69 Å². The van der Waals surface area contributed by atoms with Crippen molar-refractivity contribution in [2.24, 2.45) is 5.92 Å². The SMILES string of the molecule is CCCCCOC(CC(C)C)C(=O)N[C@@H]1C(=O)N(C)c2ccccc2-c2ccccc21. The molecule has 1 unspecified atom stereocenters. The molecule has 31 heavy (non-hydrogen) atoms. The average molecular weight is 423 g/mol. The van der Waals surface area contributed by atoms with Crippen LogP contribution >= 0.6 is 0 Å². The van der Waals surface area contributed by atoms with Crippen LogP contribution in [0, 0.1) is 5.92 Å². The lowest BCUT2D eigenvalue weighted by molar-refractivity contribution is -0.137. The molecular weight excluding hydrogens is 388 g/mol. The van der Waals surface area contributed by atoms with Crippen molar-refractivity contribution in [3.05, 3.63) is 54.1 Å². The van der Waals surface area contributed by atoms with E-state index in [4.69, 9.17) is 4.74 Å². The monoisotopic (exact) mass is 422 g/mol. The number of hydrogen-bond acceptors (Lipinski definition) is 3. The molecule has 1 aliphatic heterocycles. The summed E-state index contributed by atoms with van der Waals surface area (Å²) in [6.07, 6.45) is 3.17. The fourth-order valence-electron chi connectivity index (χ4n) is 4.06. The zero-order valence-electron chi connectivity index (χ0n) is 19.1. The second-order valence-corrected chi connectivity index (χ2v) is 8.64. The summed E-state index contributed by atoms with van der Waals surface area (Å²) < 4.78 is 5.96. The fourth-order valence-corrected chi connectivity index (χ4v) is 4.06. The average Bonchev–Trinajstić information content (AvgIpc) is 2.85. The minimum Gasteiger partial charge on any atom is -0.368 e. The van der Waals surface area contributed by atoms with E-state index < -0.39 is 12.1 Å². The summed E-state index contributed by atoms with van der Waals surface area (Å²) >= 11 is 0. The topological polar surface area (TPSA) is 58.6 Å². The summed E-state index contributed by atoms with van der Waals surface area (Å²) in [6, 6.07) is 14.9. The van der Waals surface area contributed by atoms with Gasteiger partial charge in [-0.05, 0) is 36.0 Å². The third-order valence-electron chi connectivity index (χ3n) is 5.74. The first-order valence-corrected chi connectivity index (χ1v) is 11.3. The quantitative estimate of drug-likeness (QED) is 0.572. The Bertz CT molecular complexity index is 909. The van der Waals surface area contributed by atoms with Crippen LogP contribution in [0.25, 0.3) is 11.1 Å². The summed E-state index contributed by atoms with van der Waals surface area (Å²) in [5.41, 5.74) is 3.60. The van der Waals surface area contributed by atoms with Gasteiger partial charge < -0.3 is 15.0 Å². The Morgan fingerprint density at radius 1 is 1.06 bits per heavy atom. The van der Waals surface area contributed by atoms with Crippen molar-refractivity contribution in [1.82, 2.24) is 5.32 Å². The van der Waals surface area contributed by atoms with E-state index in [2.05, 4.69) is 26.1 Å². The molecule has 0 spiro atoms. The lowest BCUT2D eigenvalue weighted by atomic mass is 9.95. The Kier molecular flexibility index (Phi) is 7.85. The van der Waals surface area contributed by atoms with Crippen molar-refractivity contribution >= 4 is 17.5 Å². The first-order valence-electron chi connectivity index (χ1n) is 11.3. The molecule has 5 nitrogen and oxygen atoms in total. The van der Waals surface area contributed by atoms with Crippen molar-refractivity contribution in [1.29, 1.82) is 0 Å². The van der Waals surface area contributed by atoms with Crippen LogP contribution in [0.2, 0.25) is 0 Å². The maximum absolute atomic E-state index is 13.4. The molecule has 1 N–H and O–H groups in total. The second kappa shape index (κ2) is 10.6. The molecule has 0 radical (unpaired) electrons. The number of benzene rings is 2. The highest BCUT2D eigenvalue weighted by molar-refractivity contribution is 6.06. The van der Waals surface area contributed by atoms with Gasteiger partial charge in [-0.2, -0.15) is 0 Å². The molecule has 166 valence electrons. The van der Waals surface area contributed by atoms with Crippen LogP contribution in [0.1, 0.15) is 58.1 Å². The zero-order valence-corrected chi connectivity index (χ0v) is 19.1. The molecular formula is C26H34N2O3. The van der Waals surface area contributed by atoms with Crippen LogP contribution in [0.4, 0.5) is 5.69 Å². The molecule has 5 heteroatoms. The van der Waals surface area contributed by atoms with Crippen molar-refractivity contribution in [3.63, 3.8) is 0 Å². The smallest absolute Gasteiger partial charge is 0.253 e. The van der Waals surface area contributed by atoms with E-state index in [-0.39, 0.29) is 11.8 Å². The number of nitrogens with zero attached hydrogens (tertiary/aromatic N) is 1. The number of para-hydroxylation sites is 1. The number of likely N-dealkylation sites (N-methyl/N-ethyl adjacent to an activating group) is 1. The molecule has 0 aliphatic carbocycles. The van der Waals surface area contributed by atoms with Gasteiger partial charge in [-0.3, -0.25) is 9.59 Å². The van der Waals surface area contributed by atoms with Crippen molar-refractivity contribution in [2.45, 2.75) is 58.6 Å². The Hall–Kier alpha value is -2.66. The van der Waals surface area contributed by atoms with Gasteiger partial charge in [0.25, 0.3) is 5.91 Å². The molecule has 2 amide bonds. The highest BCUT2D eigenvalue weighted by Crippen LogP contribution is 2.39. The van der Waals surface area contributed by atoms with Gasteiger partial charge in [0.2, 0.25) is 5.91 Å². The third kappa shape index (κ3) is 5.34. The van der Waals surface area contributed by atoms with E-state index in [9.17, 15) is 9.59 Å². The Labute approximate surface area is 185 Å². The summed E-state index contributed by atoms with van der Waals surface area (Å²) in [6.45, 7) is 6.85. The zero-order chi connectivity index (χ0) is 22.4. The van der Waals surface area contributed by atoms with Crippen molar-refractivity contribution in [3.8, 4) is 11.1 Å². The van der Waals surface area contributed by atoms with Crippen LogP contribution in [0.15, 0.2) is 48.5 Å². The minimum absolute atomic E-state index is 0.153. The third-order valence-corrected chi connectivity index (χ3v) is 5.74. The molecule has 0 saturated carbocycles. The summed E-state index contributed by atoms with van der Waals surface area (Å²) in [5.74, 6) is -0.0660. The summed E-state index contributed by atoms with van der Waals surface area (Å²) in [4.78, 5) is 28.3. The molecule has 1 heterocycles. The first kappa shape index (κ1) is 23.0. The second-order valence-electron chi connectivity index (χ2n) is 8.64. The Morgan fingerprint density at radius 3 is 2.45 bits per heavy atom. The number of ether oxygens (including phenoxy) is 1. The summed E-state index contributed by atoms with van der Waals surface area (Å²) in [5, 5.41) is 3.02. The number of carbonyl (C=O) groups excluding carboxylic acids is 2. The van der Waals surface area contributed by atoms with Crippen LogP contribution in [-0.2, 0) is 14.3 Å². The normalized spacial score (nSPS) is 16.5. The number of anilines is 1. The number of nitrogens with one attached hydrogen (secondary N) is 1. The maximum Gasteiger partial charge on any atom is 0.253 e. The maximum atomic E-state index is 13.4. The van der Waals surface area contributed by atoms with Gasteiger partial charge in [-0.25, -0.2) is 0 Å². The molecule has 0 bridgehead atoms. The lowest BCUT2D eigenvalue weighted by Gasteiger charge is -2.26. The van der Waals surface area contributed by atoms with Gasteiger partial charge in [0.1, 0.15) is 12.1 Å². The van der Waals surface area contributed by atoms with E-state index in [0.717, 1.165) is 41.6 Å². The minimum atomic E-state index is -0.755. The van der Waals surface area contributed by atoms with Crippen LogP contribution in [0.3, 0.4) is 0 Å². The van der Waals surface area contributed by atoms with Gasteiger partial charge >= 0.3 is 0 Å². The largest absolute Gasteiger partial charge is 0.368 e. The highest BCUT2D eigenvalue weighted by atomic mass is 16.5. The van der Waals surface area contributed by atoms with Gasteiger partial charge in [-0.15, -0.1) is 0 Å². The first-order chi connectivity index (χ1) is 14.9. The number of rotatable bonds is 9. The van der Waals surface area contributed by atoms with E-state index in [1.807, 2.05) is 48.5 Å². The number of fused-ring (bicyclic) bond motifs is 3. The van der Waals surface area contributed by atoms with Gasteiger partial charge in [-0.1, -0.05) is 76.1 Å². The number of carbonyl (C=O) groups is 2. The summed E-state index contributed by atoms with van der Waals surface area (Å²) in [7, 11) is 1.76. The molecule has 0 fully saturated rings. The van der Waals surface area contributed by atoms with Gasteiger partial charge in [0.15, 0.2) is 0 Å². The van der Waals surface area contributed by atoms with Gasteiger partial charge in [0, 0.05) is 19.2 Å². The lowest BCUT2D eigenvalue weighted by Crippen LogP contribution is -2.45. The number of unbranched alkanes of at least 4 members (excludes halogenated alkanes) is 2. The highest BCUT2D eigenvalue weighted by Gasteiger charge is 2.34. The molecule has 0 saturated heterocycles. The molecule has 1 aliphatic rings. The van der Waals surface area contributed by atoms with Crippen LogP contribution < -0.4 is 10.2 Å². The molecule has 2 atom stereocenters. The fraction of sp³-hybridized carbons (Fsp3) is 0.462. The Morgan fingerprint density at radius 2 is 1.74 bits per heavy atom. The number of hydrogen-bond donors (Lipinski definition) is 1. The predicted molar refractivity (Wildman–Crippen MR) is 125 cm³/mol. The van der Waals surface area contributed by atoms with Crippen LogP contribution in [-0.4, -0.2) is 31.6 Å². The molecule has 3 rings (SSSR count). The van der Waals surface area contributed by atoms with E-state index >= 15 is 0 Å². The van der Waals surface area contributed by atoms with E-state index in [0.29, 0.717) is 18.9 Å². The number of amides is 2. The molecule has 2 aromatic carbocycles. The predicted octanol–water partition coefficient (Wildman–Crippen LogP) is 5.11. The molecule has 0 aromatic heterocycles. The Balaban J connectivity index is 1.88. The standard InChI is InChI=1S/C26H34N2O3/c1-5-6-11-16-31-23(17-18(2)3)25(29)27-24-21-14-8-7-12-19(21)20-13-9-10-15-22(20)28(4)26(24)30/h7-10,12-15,18,23-24H,5-6,11,16-17H2,1-4H3,(H,27,29)/t23?,24-/m0/s1. The van der Waals surface area contributed by atoms with E-state index in [1.54, 1.807) is 11.9 Å². The van der Waals surface area contributed by atoms with Crippen LogP contribution in [0.5, 0.6) is 0 Å². The van der Waals surface area contributed by atoms with E-state index in [1.165, 1.54) is 0 Å². The van der Waals surface area contributed by atoms with Crippen molar-refractivity contribution < 1.29 is 14.3 Å².